The molecule has 0 aliphatic carbocycles. The first-order valence-corrected chi connectivity index (χ1v) is 11.5. The average molecular weight is 363 g/mol. The number of piperidine rings is 1. The fourth-order valence-corrected chi connectivity index (χ4v) is 6.77. The highest BCUT2D eigenvalue weighted by molar-refractivity contribution is 5.06. The molecule has 2 unspecified atom stereocenters. The van der Waals surface area contributed by atoms with E-state index in [1.165, 1.54) is 58.0 Å². The largest absolute Gasteiger partial charge is 0.297 e. The van der Waals surface area contributed by atoms with E-state index in [4.69, 9.17) is 0 Å². The zero-order valence-corrected chi connectivity index (χ0v) is 19.1. The number of nitrogens with zero attached hydrogens (tertiary/aromatic N) is 2. The fourth-order valence-electron chi connectivity index (χ4n) is 6.77. The summed E-state index contributed by atoms with van der Waals surface area (Å²) in [6.07, 6.45) is 9.83. The Hall–Kier alpha value is -0.0800. The summed E-state index contributed by atoms with van der Waals surface area (Å²) < 4.78 is 0. The molecule has 0 spiro atoms. The molecule has 0 bridgehead atoms. The summed E-state index contributed by atoms with van der Waals surface area (Å²) in [7, 11) is 0. The molecule has 0 aromatic heterocycles. The van der Waals surface area contributed by atoms with Gasteiger partial charge < -0.3 is 0 Å². The van der Waals surface area contributed by atoms with E-state index >= 15 is 0 Å². The van der Waals surface area contributed by atoms with Crippen molar-refractivity contribution in [2.24, 2.45) is 16.7 Å². The van der Waals surface area contributed by atoms with Crippen LogP contribution in [0.2, 0.25) is 0 Å². The van der Waals surface area contributed by atoms with Gasteiger partial charge in [-0.25, -0.2) is 0 Å². The van der Waals surface area contributed by atoms with Crippen LogP contribution < -0.4 is 0 Å². The highest BCUT2D eigenvalue weighted by Gasteiger charge is 2.53. The molecule has 3 aliphatic rings. The van der Waals surface area contributed by atoms with Crippen molar-refractivity contribution in [3.05, 3.63) is 0 Å². The van der Waals surface area contributed by atoms with E-state index < -0.39 is 0 Å². The maximum Gasteiger partial charge on any atom is 0.0152 e. The van der Waals surface area contributed by atoms with Gasteiger partial charge in [0.15, 0.2) is 0 Å². The van der Waals surface area contributed by atoms with E-state index in [1.54, 1.807) is 0 Å². The van der Waals surface area contributed by atoms with Gasteiger partial charge >= 0.3 is 0 Å². The molecular formula is C24H46N2. The molecule has 0 aromatic rings. The predicted molar refractivity (Wildman–Crippen MR) is 114 cm³/mol. The minimum Gasteiger partial charge on any atom is -0.297 e. The molecule has 3 aliphatic heterocycles. The normalized spacial score (nSPS) is 40.2. The molecule has 0 saturated carbocycles. The summed E-state index contributed by atoms with van der Waals surface area (Å²) in [5, 5.41) is 0. The van der Waals surface area contributed by atoms with Gasteiger partial charge in [0, 0.05) is 23.7 Å². The number of rotatable bonds is 4. The molecule has 0 radical (unpaired) electrons. The summed E-state index contributed by atoms with van der Waals surface area (Å²) in [6.45, 7) is 22.7. The molecule has 152 valence electrons. The smallest absolute Gasteiger partial charge is 0.0152 e. The molecule has 3 fully saturated rings. The summed E-state index contributed by atoms with van der Waals surface area (Å²) in [6, 6.07) is 2.35. The Kier molecular flexibility index (Phi) is 5.61. The Bertz CT molecular complexity index is 471. The monoisotopic (exact) mass is 362 g/mol. The van der Waals surface area contributed by atoms with Gasteiger partial charge in [0.2, 0.25) is 0 Å². The van der Waals surface area contributed by atoms with Crippen LogP contribution in [0.1, 0.15) is 100 Å². The standard InChI is InChI=1S/C24H46N2/c1-18-20-12-9-10-16-25(20)19(2)24(18,8)15-14-23(6,7)21-13-11-17-26(21)22(3,4)5/h18-21H,9-17H2,1-8H3/t18-,19+,20?,21?,24-/m0/s1. The second-order valence-corrected chi connectivity index (χ2v) is 11.8. The van der Waals surface area contributed by atoms with Crippen molar-refractivity contribution in [2.75, 3.05) is 13.1 Å². The first-order chi connectivity index (χ1) is 12.0. The van der Waals surface area contributed by atoms with E-state index in [2.05, 4.69) is 65.2 Å². The van der Waals surface area contributed by atoms with Crippen LogP contribution in [0.4, 0.5) is 0 Å². The quantitative estimate of drug-likeness (QED) is 0.609. The van der Waals surface area contributed by atoms with Crippen molar-refractivity contribution in [1.29, 1.82) is 0 Å². The van der Waals surface area contributed by atoms with Crippen LogP contribution in [0.3, 0.4) is 0 Å². The van der Waals surface area contributed by atoms with Crippen LogP contribution in [-0.4, -0.2) is 46.6 Å². The zero-order chi connectivity index (χ0) is 19.3. The lowest BCUT2D eigenvalue weighted by molar-refractivity contribution is 0.0317. The first-order valence-electron chi connectivity index (χ1n) is 11.5. The van der Waals surface area contributed by atoms with Gasteiger partial charge in [-0.05, 0) is 96.1 Å². The Morgan fingerprint density at radius 1 is 0.923 bits per heavy atom. The highest BCUT2D eigenvalue weighted by Crippen LogP contribution is 2.53. The number of hydrogen-bond acceptors (Lipinski definition) is 2. The first kappa shape index (κ1) is 20.6. The summed E-state index contributed by atoms with van der Waals surface area (Å²) >= 11 is 0. The van der Waals surface area contributed by atoms with E-state index in [-0.39, 0.29) is 0 Å². The molecule has 2 heteroatoms. The maximum atomic E-state index is 2.87. The molecule has 5 atom stereocenters. The van der Waals surface area contributed by atoms with Gasteiger partial charge in [-0.1, -0.05) is 34.1 Å². The van der Waals surface area contributed by atoms with Gasteiger partial charge in [-0.3, -0.25) is 9.80 Å². The van der Waals surface area contributed by atoms with Gasteiger partial charge in [-0.15, -0.1) is 0 Å². The Morgan fingerprint density at radius 3 is 2.23 bits per heavy atom. The average Bonchev–Trinajstić information content (AvgIpc) is 3.15. The third kappa shape index (κ3) is 3.50. The minimum atomic E-state index is 0.303. The summed E-state index contributed by atoms with van der Waals surface area (Å²) in [5.41, 5.74) is 1.20. The predicted octanol–water partition coefficient (Wildman–Crippen LogP) is 5.95. The van der Waals surface area contributed by atoms with Gasteiger partial charge in [-0.2, -0.15) is 0 Å². The minimum absolute atomic E-state index is 0.303. The lowest BCUT2D eigenvalue weighted by Gasteiger charge is -2.46. The zero-order valence-electron chi connectivity index (χ0n) is 19.1. The molecule has 0 N–H and O–H groups in total. The Balaban J connectivity index is 1.70. The third-order valence-electron chi connectivity index (χ3n) is 8.99. The van der Waals surface area contributed by atoms with E-state index in [0.29, 0.717) is 16.4 Å². The second-order valence-electron chi connectivity index (χ2n) is 11.8. The van der Waals surface area contributed by atoms with Gasteiger partial charge in [0.05, 0.1) is 0 Å². The van der Waals surface area contributed by atoms with Gasteiger partial charge in [0.25, 0.3) is 0 Å². The molecule has 0 aromatic carbocycles. The van der Waals surface area contributed by atoms with Crippen molar-refractivity contribution < 1.29 is 0 Å². The van der Waals surface area contributed by atoms with Crippen LogP contribution in [0.15, 0.2) is 0 Å². The topological polar surface area (TPSA) is 6.48 Å². The number of fused-ring (bicyclic) bond motifs is 1. The van der Waals surface area contributed by atoms with Crippen molar-refractivity contribution in [1.82, 2.24) is 9.80 Å². The van der Waals surface area contributed by atoms with E-state index in [9.17, 15) is 0 Å². The second kappa shape index (κ2) is 7.07. The highest BCUT2D eigenvalue weighted by atomic mass is 15.2. The lowest BCUT2D eigenvalue weighted by atomic mass is 9.66. The molecule has 3 rings (SSSR count). The van der Waals surface area contributed by atoms with Crippen LogP contribution in [0.5, 0.6) is 0 Å². The van der Waals surface area contributed by atoms with Crippen LogP contribution >= 0.6 is 0 Å². The van der Waals surface area contributed by atoms with Crippen LogP contribution in [-0.2, 0) is 0 Å². The third-order valence-corrected chi connectivity index (χ3v) is 8.99. The van der Waals surface area contributed by atoms with Crippen LogP contribution in [0, 0.1) is 16.7 Å². The molecule has 26 heavy (non-hydrogen) atoms. The van der Waals surface area contributed by atoms with Crippen molar-refractivity contribution in [2.45, 2.75) is 124 Å². The Morgan fingerprint density at radius 2 is 1.62 bits per heavy atom. The van der Waals surface area contributed by atoms with Gasteiger partial charge in [0.1, 0.15) is 0 Å². The van der Waals surface area contributed by atoms with E-state index in [1.807, 2.05) is 0 Å². The summed E-state index contributed by atoms with van der Waals surface area (Å²) in [5.74, 6) is 0.843. The maximum absolute atomic E-state index is 2.87. The molecule has 0 amide bonds. The number of likely N-dealkylation sites (tertiary alicyclic amines) is 1. The molecular weight excluding hydrogens is 316 g/mol. The van der Waals surface area contributed by atoms with Crippen molar-refractivity contribution in [3.8, 4) is 0 Å². The Labute approximate surface area is 164 Å². The lowest BCUT2D eigenvalue weighted by Crippen LogP contribution is -2.50. The van der Waals surface area contributed by atoms with Crippen LogP contribution in [0.25, 0.3) is 0 Å². The summed E-state index contributed by atoms with van der Waals surface area (Å²) in [4.78, 5) is 5.68. The van der Waals surface area contributed by atoms with Crippen molar-refractivity contribution >= 4 is 0 Å². The molecule has 2 nitrogen and oxygen atoms in total. The molecule has 3 heterocycles. The number of hydrogen-bond donors (Lipinski definition) is 0. The molecule has 3 saturated heterocycles. The fraction of sp³-hybridized carbons (Fsp3) is 1.00. The van der Waals surface area contributed by atoms with Crippen molar-refractivity contribution in [3.63, 3.8) is 0 Å². The van der Waals surface area contributed by atoms with E-state index in [0.717, 1.165) is 24.0 Å². The SMILES string of the molecule is C[C@H]1C2CCCCN2[C@H](C)[C@@]1(C)CCC(C)(C)C1CCCN1C(C)(C)C.